The zero-order valence-electron chi connectivity index (χ0n) is 33.2. The average Bonchev–Trinajstić information content (AvgIpc) is 3.77. The van der Waals surface area contributed by atoms with Crippen LogP contribution in [0, 0.1) is 11.8 Å². The molecule has 1 aromatic heterocycles. The molecular weight excluding hydrogens is 779 g/mol. The first-order chi connectivity index (χ1) is 29.1. The van der Waals surface area contributed by atoms with Crippen LogP contribution in [0.3, 0.4) is 0 Å². The summed E-state index contributed by atoms with van der Waals surface area (Å²) in [6, 6.07) is 35.3. The smallest absolute Gasteiger partial charge is 0.303 e. The van der Waals surface area contributed by atoms with Crippen LogP contribution < -0.4 is 20.7 Å². The van der Waals surface area contributed by atoms with Gasteiger partial charge in [0.15, 0.2) is 11.6 Å². The molecule has 0 radical (unpaired) electrons. The molecule has 12 heteroatoms. The minimum Gasteiger partial charge on any atom is -0.486 e. The van der Waals surface area contributed by atoms with Gasteiger partial charge in [-0.05, 0) is 77.1 Å². The number of thiophene rings is 1. The summed E-state index contributed by atoms with van der Waals surface area (Å²) in [6.07, 6.45) is 0.417. The van der Waals surface area contributed by atoms with Crippen LogP contribution in [-0.2, 0) is 54.5 Å². The maximum Gasteiger partial charge on any atom is 0.303 e. The first-order valence-electron chi connectivity index (χ1n) is 20.2. The fourth-order valence-corrected chi connectivity index (χ4v) is 8.02. The van der Waals surface area contributed by atoms with E-state index in [9.17, 15) is 28.8 Å². The number of carbonyl (C=O) groups is 6. The first-order valence-corrected chi connectivity index (χ1v) is 21.0. The van der Waals surface area contributed by atoms with E-state index in [1.54, 1.807) is 24.3 Å². The quantitative estimate of drug-likeness (QED) is 0.108. The lowest BCUT2D eigenvalue weighted by atomic mass is 9.89. The molecule has 0 saturated carbocycles. The minimum atomic E-state index is -1.13. The Labute approximate surface area is 353 Å². The van der Waals surface area contributed by atoms with Crippen LogP contribution in [0.2, 0.25) is 0 Å². The molecule has 60 heavy (non-hydrogen) atoms. The Bertz CT molecular complexity index is 2210. The lowest BCUT2D eigenvalue weighted by Crippen LogP contribution is -2.54. The number of rotatable bonds is 12. The van der Waals surface area contributed by atoms with Crippen molar-refractivity contribution in [2.75, 3.05) is 13.2 Å². The Morgan fingerprint density at radius 2 is 1.33 bits per heavy atom. The average molecular weight is 828 g/mol. The van der Waals surface area contributed by atoms with Gasteiger partial charge in [-0.2, -0.15) is 0 Å². The number of aliphatic carboxylic acids is 1. The van der Waals surface area contributed by atoms with Crippen molar-refractivity contribution in [2.45, 2.75) is 63.5 Å². The van der Waals surface area contributed by atoms with Gasteiger partial charge in [-0.15, -0.1) is 11.3 Å². The lowest BCUT2D eigenvalue weighted by Gasteiger charge is -2.26. The number of amides is 3. The van der Waals surface area contributed by atoms with Gasteiger partial charge in [0.25, 0.3) is 0 Å². The monoisotopic (exact) mass is 827 g/mol. The van der Waals surface area contributed by atoms with Crippen LogP contribution >= 0.6 is 11.3 Å². The van der Waals surface area contributed by atoms with Crippen molar-refractivity contribution in [1.82, 2.24) is 16.0 Å². The van der Waals surface area contributed by atoms with Gasteiger partial charge in [0, 0.05) is 48.9 Å². The highest BCUT2D eigenvalue weighted by molar-refractivity contribution is 7.09. The highest BCUT2D eigenvalue weighted by Gasteiger charge is 2.33. The molecule has 0 spiro atoms. The summed E-state index contributed by atoms with van der Waals surface area (Å²) in [5.41, 5.74) is 4.29. The van der Waals surface area contributed by atoms with Gasteiger partial charge in [0.1, 0.15) is 18.4 Å². The van der Waals surface area contributed by atoms with Crippen molar-refractivity contribution in [3.8, 4) is 16.9 Å². The van der Waals surface area contributed by atoms with Crippen molar-refractivity contribution in [2.24, 2.45) is 11.8 Å². The maximum absolute atomic E-state index is 14.6. The molecule has 2 aliphatic heterocycles. The number of ether oxygens (including phenoxy) is 1. The Balaban J connectivity index is 1.33. The first kappa shape index (κ1) is 43.2. The second kappa shape index (κ2) is 21.6. The van der Waals surface area contributed by atoms with Gasteiger partial charge < -0.3 is 25.8 Å². The number of nitrogens with one attached hydrogen (secondary N) is 3. The van der Waals surface area contributed by atoms with Crippen molar-refractivity contribution < 1.29 is 38.6 Å². The van der Waals surface area contributed by atoms with E-state index in [1.807, 2.05) is 102 Å². The maximum atomic E-state index is 14.6. The van der Waals surface area contributed by atoms with Gasteiger partial charge in [-0.25, -0.2) is 0 Å². The van der Waals surface area contributed by atoms with Crippen molar-refractivity contribution >= 4 is 46.6 Å². The molecule has 4 N–H and O–H groups in total. The van der Waals surface area contributed by atoms with Crippen molar-refractivity contribution in [3.63, 3.8) is 0 Å². The molecule has 2 bridgehead atoms. The molecule has 2 aliphatic rings. The number of hydrogen-bond acceptors (Lipinski definition) is 8. The molecule has 3 amide bonds. The standard InChI is InChI=1S/C48H49N3O8S/c52-39-28-38(29-41-13-8-24-60-41)47(57)51-43(27-34-15-19-36(20-16-34)35-11-5-2-6-12-35)48(58)50-42(26-32-9-3-1-4-10-32)44(53)30-37(46(56)49-23-7-14-45(54)55)25-33-17-21-40(22-18-33)59-31-39/h1-6,8-13,15-22,24,37-38,42-43H,7,14,23,25-31H2,(H,49,56)(H,50,58)(H,51,57)(H,54,55)/t37-,38+,42+,43-/m1/s1. The molecule has 0 aliphatic carbocycles. The molecule has 4 atom stereocenters. The van der Waals surface area contributed by atoms with Crippen LogP contribution in [0.1, 0.15) is 47.3 Å². The van der Waals surface area contributed by atoms with E-state index in [0.29, 0.717) is 5.75 Å². The fourth-order valence-electron chi connectivity index (χ4n) is 7.24. The lowest BCUT2D eigenvalue weighted by molar-refractivity contribution is -0.137. The van der Waals surface area contributed by atoms with Crippen LogP contribution in [0.4, 0.5) is 0 Å². The summed E-state index contributed by atoms with van der Waals surface area (Å²) < 4.78 is 5.84. The zero-order chi connectivity index (χ0) is 42.3. The summed E-state index contributed by atoms with van der Waals surface area (Å²) in [5, 5.41) is 19.7. The predicted molar refractivity (Wildman–Crippen MR) is 229 cm³/mol. The fraction of sp³-hybridized carbons (Fsp3) is 0.292. The van der Waals surface area contributed by atoms with E-state index in [4.69, 9.17) is 9.84 Å². The molecule has 0 saturated heterocycles. The SMILES string of the molecule is O=C(O)CCCNC(=O)[C@H]1CC(=O)[C@H](Cc2ccccc2)NC(=O)[C@@H](Cc2ccc(-c3ccccc3)cc2)NC(=O)[C@H](Cc2cccs2)CC(=O)COc2ccc(cc2)C1. The van der Waals surface area contributed by atoms with Gasteiger partial charge >= 0.3 is 5.97 Å². The van der Waals surface area contributed by atoms with Gasteiger partial charge in [-0.3, -0.25) is 28.8 Å². The van der Waals surface area contributed by atoms with Crippen LogP contribution in [0.5, 0.6) is 5.75 Å². The largest absolute Gasteiger partial charge is 0.486 e. The van der Waals surface area contributed by atoms with E-state index in [-0.39, 0.29) is 76.1 Å². The van der Waals surface area contributed by atoms with E-state index in [1.165, 1.54) is 11.3 Å². The Hall–Kier alpha value is -6.40. The second-order valence-corrected chi connectivity index (χ2v) is 16.1. The van der Waals surface area contributed by atoms with E-state index >= 15 is 0 Å². The number of benzene rings is 4. The number of hydrogen-bond donors (Lipinski definition) is 4. The molecule has 0 fully saturated rings. The Kier molecular flexibility index (Phi) is 15.5. The third-order valence-corrected chi connectivity index (χ3v) is 11.4. The number of carboxylic acids is 1. The van der Waals surface area contributed by atoms with Crippen LogP contribution in [-0.4, -0.2) is 65.6 Å². The van der Waals surface area contributed by atoms with Crippen molar-refractivity contribution in [1.29, 1.82) is 0 Å². The number of fused-ring (bicyclic) bond motifs is 16. The molecule has 310 valence electrons. The molecule has 7 rings (SSSR count). The highest BCUT2D eigenvalue weighted by atomic mass is 32.1. The topological polar surface area (TPSA) is 168 Å². The zero-order valence-corrected chi connectivity index (χ0v) is 34.0. The van der Waals surface area contributed by atoms with Crippen molar-refractivity contribution in [3.05, 3.63) is 148 Å². The summed E-state index contributed by atoms with van der Waals surface area (Å²) in [7, 11) is 0. The predicted octanol–water partition coefficient (Wildman–Crippen LogP) is 6.18. The summed E-state index contributed by atoms with van der Waals surface area (Å²) in [6.45, 7) is -0.162. The number of carbonyl (C=O) groups excluding carboxylic acids is 5. The molecule has 0 unspecified atom stereocenters. The Morgan fingerprint density at radius 3 is 2.02 bits per heavy atom. The minimum absolute atomic E-state index is 0.0943. The third kappa shape index (κ3) is 13.1. The second-order valence-electron chi connectivity index (χ2n) is 15.1. The van der Waals surface area contributed by atoms with Crippen LogP contribution in [0.25, 0.3) is 11.1 Å². The number of carboxylic acid groups (broad SMARTS) is 1. The van der Waals surface area contributed by atoms with E-state index in [0.717, 1.165) is 32.7 Å². The number of ketones is 2. The molecular formula is C48H49N3O8S. The van der Waals surface area contributed by atoms with Gasteiger partial charge in [-0.1, -0.05) is 103 Å². The van der Waals surface area contributed by atoms with Gasteiger partial charge in [0.05, 0.1) is 6.04 Å². The third-order valence-electron chi connectivity index (χ3n) is 10.5. The van der Waals surface area contributed by atoms with Gasteiger partial charge in [0.2, 0.25) is 17.7 Å². The molecule has 11 nitrogen and oxygen atoms in total. The highest BCUT2D eigenvalue weighted by Crippen LogP contribution is 2.23. The summed E-state index contributed by atoms with van der Waals surface area (Å²) >= 11 is 1.47. The summed E-state index contributed by atoms with van der Waals surface area (Å²) in [4.78, 5) is 82.4. The van der Waals surface area contributed by atoms with Crippen LogP contribution in [0.15, 0.2) is 127 Å². The summed E-state index contributed by atoms with van der Waals surface area (Å²) in [5.74, 6) is -4.38. The van der Waals surface area contributed by atoms with E-state index < -0.39 is 47.6 Å². The molecule has 3 heterocycles. The number of Topliss-reactive ketones (excluding diaryl/α,β-unsaturated/α-hetero) is 2. The Morgan fingerprint density at radius 1 is 0.683 bits per heavy atom. The molecule has 4 aromatic carbocycles. The normalized spacial score (nSPS) is 19.2. The molecule has 5 aromatic rings. The van der Waals surface area contributed by atoms with E-state index in [2.05, 4.69) is 16.0 Å².